The fourth-order valence-corrected chi connectivity index (χ4v) is 3.82. The number of carbonyl (C=O) groups is 1. The van der Waals surface area contributed by atoms with E-state index in [9.17, 15) is 4.79 Å². The van der Waals surface area contributed by atoms with Crippen molar-refractivity contribution >= 4 is 5.97 Å². The van der Waals surface area contributed by atoms with Gasteiger partial charge < -0.3 is 9.84 Å². The number of hydrogen-bond donors (Lipinski definition) is 1. The van der Waals surface area contributed by atoms with Gasteiger partial charge in [0.25, 0.3) is 0 Å². The van der Waals surface area contributed by atoms with Crippen molar-refractivity contribution in [2.24, 2.45) is 0 Å². The third-order valence-corrected chi connectivity index (χ3v) is 5.80. The quantitative estimate of drug-likeness (QED) is 0.129. The smallest absolute Gasteiger partial charge is 0.305 e. The van der Waals surface area contributed by atoms with Gasteiger partial charge in [-0.25, -0.2) is 0 Å². The molecule has 0 radical (unpaired) electrons. The van der Waals surface area contributed by atoms with Crippen molar-refractivity contribution in [1.29, 1.82) is 0 Å². The van der Waals surface area contributed by atoms with Crippen LogP contribution < -0.4 is 0 Å². The van der Waals surface area contributed by atoms with Gasteiger partial charge >= 0.3 is 5.97 Å². The Kier molecular flexibility index (Phi) is 25.0. The highest BCUT2D eigenvalue weighted by atomic mass is 16.5. The molecular weight excluding hydrogens is 360 g/mol. The molecule has 0 aromatic carbocycles. The number of carbonyl (C=O) groups excluding carboxylic acids is 1. The topological polar surface area (TPSA) is 46.5 Å². The minimum absolute atomic E-state index is 0.0742. The van der Waals surface area contributed by atoms with Crippen LogP contribution in [0.4, 0.5) is 0 Å². The van der Waals surface area contributed by atoms with Crippen LogP contribution in [-0.4, -0.2) is 24.3 Å². The molecule has 0 saturated carbocycles. The molecule has 29 heavy (non-hydrogen) atoms. The number of ether oxygens (including phenoxy) is 1. The molecule has 3 heteroatoms. The zero-order valence-corrected chi connectivity index (χ0v) is 19.7. The van der Waals surface area contributed by atoms with E-state index in [0.717, 1.165) is 19.3 Å². The van der Waals surface area contributed by atoms with Crippen LogP contribution >= 0.6 is 0 Å². The Morgan fingerprint density at radius 3 is 1.31 bits per heavy atom. The number of unbranched alkanes of at least 4 members (excludes halogenated alkanes) is 19. The van der Waals surface area contributed by atoms with Crippen LogP contribution in [0.15, 0.2) is 0 Å². The number of aliphatic hydroxyl groups excluding tert-OH is 1. The fraction of sp³-hybridized carbons (Fsp3) is 0.962. The summed E-state index contributed by atoms with van der Waals surface area (Å²) in [6.45, 7) is 2.92. The van der Waals surface area contributed by atoms with Gasteiger partial charge in [-0.15, -0.1) is 0 Å². The highest BCUT2D eigenvalue weighted by Crippen LogP contribution is 2.14. The van der Waals surface area contributed by atoms with Gasteiger partial charge in [0.05, 0.1) is 6.61 Å². The summed E-state index contributed by atoms with van der Waals surface area (Å²) in [4.78, 5) is 11.5. The number of hydrogen-bond acceptors (Lipinski definition) is 3. The van der Waals surface area contributed by atoms with Gasteiger partial charge in [0.2, 0.25) is 0 Å². The minimum Gasteiger partial charge on any atom is -0.466 e. The Morgan fingerprint density at radius 1 is 0.552 bits per heavy atom. The van der Waals surface area contributed by atoms with E-state index in [2.05, 4.69) is 6.92 Å². The molecule has 0 heterocycles. The lowest BCUT2D eigenvalue weighted by Gasteiger charge is -2.05. The van der Waals surface area contributed by atoms with Gasteiger partial charge in [-0.05, 0) is 19.3 Å². The highest BCUT2D eigenvalue weighted by Gasteiger charge is 2.02. The molecule has 3 nitrogen and oxygen atoms in total. The number of aliphatic hydroxyl groups is 1. The van der Waals surface area contributed by atoms with E-state index in [-0.39, 0.29) is 12.6 Å². The van der Waals surface area contributed by atoms with Crippen molar-refractivity contribution in [1.82, 2.24) is 0 Å². The maximum Gasteiger partial charge on any atom is 0.305 e. The van der Waals surface area contributed by atoms with Crippen LogP contribution in [0.2, 0.25) is 0 Å². The Labute approximate surface area is 182 Å². The first-order valence-corrected chi connectivity index (χ1v) is 13.1. The summed E-state index contributed by atoms with van der Waals surface area (Å²) in [5.41, 5.74) is 0. The maximum absolute atomic E-state index is 11.5. The number of rotatable bonds is 24. The average molecular weight is 413 g/mol. The molecule has 0 amide bonds. The van der Waals surface area contributed by atoms with E-state index >= 15 is 0 Å². The molecule has 0 aliphatic heterocycles. The molecule has 0 fully saturated rings. The van der Waals surface area contributed by atoms with E-state index in [0.29, 0.717) is 19.4 Å². The van der Waals surface area contributed by atoms with Crippen molar-refractivity contribution in [3.8, 4) is 0 Å². The lowest BCUT2D eigenvalue weighted by Crippen LogP contribution is -2.06. The molecule has 0 atom stereocenters. The Hall–Kier alpha value is -0.570. The molecule has 0 aliphatic rings. The molecule has 0 spiro atoms. The third-order valence-electron chi connectivity index (χ3n) is 5.80. The molecule has 174 valence electrons. The van der Waals surface area contributed by atoms with Crippen molar-refractivity contribution in [2.75, 3.05) is 13.2 Å². The molecule has 1 N–H and O–H groups in total. The summed E-state index contributed by atoms with van der Waals surface area (Å²) < 4.78 is 5.13. The van der Waals surface area contributed by atoms with Gasteiger partial charge in [0.1, 0.15) is 0 Å². The lowest BCUT2D eigenvalue weighted by molar-refractivity contribution is -0.143. The molecule has 0 aromatic rings. The second-order valence-electron chi connectivity index (χ2n) is 8.77. The minimum atomic E-state index is -0.0742. The van der Waals surface area contributed by atoms with Crippen LogP contribution in [-0.2, 0) is 9.53 Å². The van der Waals surface area contributed by atoms with Gasteiger partial charge in [0.15, 0.2) is 0 Å². The summed E-state index contributed by atoms with van der Waals surface area (Å²) in [5, 5.41) is 8.67. The van der Waals surface area contributed by atoms with Crippen LogP contribution in [0.25, 0.3) is 0 Å². The maximum atomic E-state index is 11.5. The second kappa shape index (κ2) is 25.5. The fourth-order valence-electron chi connectivity index (χ4n) is 3.82. The van der Waals surface area contributed by atoms with Gasteiger partial charge in [-0.2, -0.15) is 0 Å². The molecule has 0 unspecified atom stereocenters. The van der Waals surface area contributed by atoms with Crippen LogP contribution in [0.5, 0.6) is 0 Å². The highest BCUT2D eigenvalue weighted by molar-refractivity contribution is 5.69. The Balaban J connectivity index is 3.07. The van der Waals surface area contributed by atoms with E-state index in [1.54, 1.807) is 0 Å². The van der Waals surface area contributed by atoms with Crippen molar-refractivity contribution in [3.63, 3.8) is 0 Å². The van der Waals surface area contributed by atoms with E-state index in [1.807, 2.05) is 0 Å². The van der Waals surface area contributed by atoms with Crippen LogP contribution in [0, 0.1) is 0 Å². The molecule has 0 bridgehead atoms. The predicted molar refractivity (Wildman–Crippen MR) is 125 cm³/mol. The predicted octanol–water partition coefficient (Wildman–Crippen LogP) is 8.12. The van der Waals surface area contributed by atoms with E-state index < -0.39 is 0 Å². The van der Waals surface area contributed by atoms with Crippen LogP contribution in [0.1, 0.15) is 148 Å². The van der Waals surface area contributed by atoms with Gasteiger partial charge in [0, 0.05) is 13.0 Å². The van der Waals surface area contributed by atoms with Gasteiger partial charge in [-0.1, -0.05) is 122 Å². The molecule has 0 rings (SSSR count). The summed E-state index contributed by atoms with van der Waals surface area (Å²) in [5.74, 6) is -0.0742. The van der Waals surface area contributed by atoms with Crippen LogP contribution in [0.3, 0.4) is 0 Å². The molecule has 0 saturated heterocycles. The van der Waals surface area contributed by atoms with Crippen molar-refractivity contribution < 1.29 is 14.6 Å². The summed E-state index contributed by atoms with van der Waals surface area (Å²) in [6, 6.07) is 0. The lowest BCUT2D eigenvalue weighted by atomic mass is 10.0. The van der Waals surface area contributed by atoms with Gasteiger partial charge in [-0.3, -0.25) is 4.79 Å². The molecular formula is C26H52O3. The average Bonchev–Trinajstić information content (AvgIpc) is 2.73. The van der Waals surface area contributed by atoms with Crippen molar-refractivity contribution in [2.45, 2.75) is 148 Å². The summed E-state index contributed by atoms with van der Waals surface area (Å²) in [7, 11) is 0. The second-order valence-corrected chi connectivity index (χ2v) is 8.77. The molecule has 0 aromatic heterocycles. The first kappa shape index (κ1) is 28.4. The van der Waals surface area contributed by atoms with E-state index in [4.69, 9.17) is 9.84 Å². The van der Waals surface area contributed by atoms with Crippen molar-refractivity contribution in [3.05, 3.63) is 0 Å². The largest absolute Gasteiger partial charge is 0.466 e. The zero-order chi connectivity index (χ0) is 21.3. The standard InChI is InChI=1S/C26H52O3/c1-2-3-4-5-6-7-8-9-10-11-12-13-14-15-16-17-18-19-20-23-26(28)29-25-22-21-24-27/h27H,2-25H2,1H3. The normalized spacial score (nSPS) is 11.1. The SMILES string of the molecule is CCCCCCCCCCCCCCCCCCCCCC(=O)OCCCCO. The Bertz CT molecular complexity index is 317. The zero-order valence-electron chi connectivity index (χ0n) is 19.7. The van der Waals surface area contributed by atoms with E-state index in [1.165, 1.54) is 109 Å². The first-order chi connectivity index (χ1) is 14.3. The monoisotopic (exact) mass is 412 g/mol. The molecule has 0 aliphatic carbocycles. The summed E-state index contributed by atoms with van der Waals surface area (Å²) in [6.07, 6.45) is 28.0. The number of esters is 1. The summed E-state index contributed by atoms with van der Waals surface area (Å²) >= 11 is 0. The Morgan fingerprint density at radius 2 is 0.931 bits per heavy atom. The third kappa shape index (κ3) is 25.4. The first-order valence-electron chi connectivity index (χ1n) is 13.1.